The number of nitrogens with one attached hydrogen (secondary N) is 2. The summed E-state index contributed by atoms with van der Waals surface area (Å²) in [6, 6.07) is 8.48. The predicted octanol–water partition coefficient (Wildman–Crippen LogP) is 6.76. The first-order valence-electron chi connectivity index (χ1n) is 7.55. The van der Waals surface area contributed by atoms with Crippen LogP contribution in [0.3, 0.4) is 0 Å². The highest BCUT2D eigenvalue weighted by Crippen LogP contribution is 2.35. The Balaban J connectivity index is 1.65. The fourth-order valence-electron chi connectivity index (χ4n) is 2.47. The van der Waals surface area contributed by atoms with Crippen LogP contribution >= 0.6 is 34.5 Å². The minimum absolute atomic E-state index is 0.288. The molecule has 138 valence electrons. The van der Waals surface area contributed by atoms with Gasteiger partial charge in [-0.15, -0.1) is 11.3 Å². The molecule has 0 saturated heterocycles. The van der Waals surface area contributed by atoms with Crippen molar-refractivity contribution in [2.75, 3.05) is 5.32 Å². The number of para-hydroxylation sites is 1. The fourth-order valence-corrected chi connectivity index (χ4v) is 3.66. The molecule has 0 aliphatic carbocycles. The van der Waals surface area contributed by atoms with Crippen molar-refractivity contribution >= 4 is 56.4 Å². The lowest BCUT2D eigenvalue weighted by molar-refractivity contribution is -0.137. The van der Waals surface area contributed by atoms with Crippen molar-refractivity contribution in [1.82, 2.24) is 15.0 Å². The molecule has 0 radical (unpaired) electrons. The number of rotatable bonds is 3. The average molecular weight is 429 g/mol. The number of hydrogen-bond donors (Lipinski definition) is 2. The molecule has 2 heterocycles. The van der Waals surface area contributed by atoms with Gasteiger partial charge in [0, 0.05) is 5.38 Å². The summed E-state index contributed by atoms with van der Waals surface area (Å²) in [7, 11) is 0. The number of aromatic amines is 1. The van der Waals surface area contributed by atoms with Crippen molar-refractivity contribution < 1.29 is 13.2 Å². The van der Waals surface area contributed by atoms with E-state index in [2.05, 4.69) is 20.3 Å². The Morgan fingerprint density at radius 3 is 2.48 bits per heavy atom. The van der Waals surface area contributed by atoms with Crippen LogP contribution < -0.4 is 5.32 Å². The zero-order valence-corrected chi connectivity index (χ0v) is 15.6. The van der Waals surface area contributed by atoms with Gasteiger partial charge in [0.25, 0.3) is 0 Å². The normalized spacial score (nSPS) is 11.9. The van der Waals surface area contributed by atoms with Crippen LogP contribution in [0.4, 0.5) is 24.0 Å². The third-order valence-corrected chi connectivity index (χ3v) is 5.14. The number of imidazole rings is 1. The Morgan fingerprint density at radius 2 is 1.78 bits per heavy atom. The maximum atomic E-state index is 12.8. The number of nitrogens with zero attached hydrogens (tertiary/aromatic N) is 2. The molecule has 0 unspecified atom stereocenters. The smallest absolute Gasteiger partial charge is 0.337 e. The van der Waals surface area contributed by atoms with Gasteiger partial charge in [0.2, 0.25) is 0 Å². The van der Waals surface area contributed by atoms with E-state index < -0.39 is 11.7 Å². The molecule has 0 spiro atoms. The lowest BCUT2D eigenvalue weighted by Gasteiger charge is -2.06. The Bertz CT molecular complexity index is 1120. The molecule has 0 fully saturated rings. The molecule has 2 N–H and O–H groups in total. The molecular formula is C17H9Cl2F3N4S. The summed E-state index contributed by atoms with van der Waals surface area (Å²) in [5.41, 5.74) is 1.00. The highest BCUT2D eigenvalue weighted by Gasteiger charge is 2.30. The molecule has 10 heteroatoms. The van der Waals surface area contributed by atoms with Gasteiger partial charge in [-0.05, 0) is 30.3 Å². The highest BCUT2D eigenvalue weighted by atomic mass is 35.5. The fraction of sp³-hybridized carbons (Fsp3) is 0.0588. The maximum Gasteiger partial charge on any atom is 0.416 e. The van der Waals surface area contributed by atoms with Crippen LogP contribution in [0.2, 0.25) is 10.0 Å². The molecular weight excluding hydrogens is 420 g/mol. The quantitative estimate of drug-likeness (QED) is 0.379. The monoisotopic (exact) mass is 428 g/mol. The van der Waals surface area contributed by atoms with Gasteiger partial charge < -0.3 is 10.3 Å². The summed E-state index contributed by atoms with van der Waals surface area (Å²) >= 11 is 13.5. The lowest BCUT2D eigenvalue weighted by atomic mass is 10.2. The number of fused-ring (bicyclic) bond motifs is 1. The maximum absolute atomic E-state index is 12.8. The molecule has 27 heavy (non-hydrogen) atoms. The first kappa shape index (κ1) is 18.1. The van der Waals surface area contributed by atoms with E-state index in [1.807, 2.05) is 0 Å². The first-order valence-corrected chi connectivity index (χ1v) is 9.19. The number of thiazole rings is 1. The van der Waals surface area contributed by atoms with E-state index in [0.717, 1.165) is 12.1 Å². The van der Waals surface area contributed by atoms with Gasteiger partial charge in [-0.25, -0.2) is 9.97 Å². The minimum Gasteiger partial charge on any atom is -0.337 e. The Kier molecular flexibility index (Phi) is 4.49. The van der Waals surface area contributed by atoms with Gasteiger partial charge in [-0.3, -0.25) is 0 Å². The number of hydrogen-bond acceptors (Lipinski definition) is 4. The molecule has 4 aromatic rings. The molecule has 0 aliphatic heterocycles. The van der Waals surface area contributed by atoms with Gasteiger partial charge in [-0.1, -0.05) is 29.3 Å². The summed E-state index contributed by atoms with van der Waals surface area (Å²) in [6.45, 7) is 0. The summed E-state index contributed by atoms with van der Waals surface area (Å²) < 4.78 is 38.5. The van der Waals surface area contributed by atoms with Gasteiger partial charge in [0.1, 0.15) is 5.69 Å². The second-order valence-corrected chi connectivity index (χ2v) is 7.25. The van der Waals surface area contributed by atoms with Crippen molar-refractivity contribution in [3.8, 4) is 11.5 Å². The van der Waals surface area contributed by atoms with Crippen molar-refractivity contribution in [1.29, 1.82) is 0 Å². The summed E-state index contributed by atoms with van der Waals surface area (Å²) in [5, 5.41) is 6.20. The number of benzene rings is 2. The Morgan fingerprint density at radius 1 is 1.04 bits per heavy atom. The van der Waals surface area contributed by atoms with Crippen LogP contribution in [-0.2, 0) is 6.18 Å². The van der Waals surface area contributed by atoms with E-state index >= 15 is 0 Å². The summed E-state index contributed by atoms with van der Waals surface area (Å²) in [5.74, 6) is 0.374. The summed E-state index contributed by atoms with van der Waals surface area (Å²) in [6.07, 6.45) is -4.41. The van der Waals surface area contributed by atoms with Gasteiger partial charge in [0.15, 0.2) is 11.0 Å². The van der Waals surface area contributed by atoms with Crippen LogP contribution in [0.15, 0.2) is 41.8 Å². The number of alkyl halides is 3. The van der Waals surface area contributed by atoms with Gasteiger partial charge in [0.05, 0.1) is 32.3 Å². The average Bonchev–Trinajstić information content (AvgIpc) is 3.23. The molecule has 2 aromatic heterocycles. The lowest BCUT2D eigenvalue weighted by Crippen LogP contribution is -2.04. The van der Waals surface area contributed by atoms with Crippen LogP contribution in [0.1, 0.15) is 5.56 Å². The van der Waals surface area contributed by atoms with Gasteiger partial charge >= 0.3 is 6.18 Å². The SMILES string of the molecule is FC(F)(F)c1ccc2nc(-c3csc(Nc4c(Cl)cccc4Cl)n3)[nH]c2c1. The molecule has 4 rings (SSSR count). The molecule has 0 saturated carbocycles. The molecule has 4 nitrogen and oxygen atoms in total. The number of H-pyrrole nitrogens is 1. The van der Waals surface area contributed by atoms with Crippen LogP contribution in [-0.4, -0.2) is 15.0 Å². The van der Waals surface area contributed by atoms with E-state index in [1.54, 1.807) is 23.6 Å². The van der Waals surface area contributed by atoms with Crippen LogP contribution in [0, 0.1) is 0 Å². The largest absolute Gasteiger partial charge is 0.416 e. The zero-order chi connectivity index (χ0) is 19.2. The van der Waals surface area contributed by atoms with E-state index in [1.165, 1.54) is 17.4 Å². The van der Waals surface area contributed by atoms with Crippen molar-refractivity contribution in [2.45, 2.75) is 6.18 Å². The zero-order valence-electron chi connectivity index (χ0n) is 13.2. The predicted molar refractivity (Wildman–Crippen MR) is 102 cm³/mol. The van der Waals surface area contributed by atoms with E-state index in [-0.39, 0.29) is 5.52 Å². The Hall–Kier alpha value is -2.29. The number of aromatic nitrogens is 3. The number of anilines is 2. The molecule has 0 aliphatic rings. The first-order chi connectivity index (χ1) is 12.8. The minimum atomic E-state index is -4.41. The molecule has 0 atom stereocenters. The molecule has 0 amide bonds. The second-order valence-electron chi connectivity index (χ2n) is 5.57. The summed E-state index contributed by atoms with van der Waals surface area (Å²) in [4.78, 5) is 11.6. The second kappa shape index (κ2) is 6.70. The third kappa shape index (κ3) is 3.60. The highest BCUT2D eigenvalue weighted by molar-refractivity contribution is 7.14. The van der Waals surface area contributed by atoms with Crippen LogP contribution in [0.25, 0.3) is 22.6 Å². The van der Waals surface area contributed by atoms with Crippen molar-refractivity contribution in [2.24, 2.45) is 0 Å². The number of halogens is 5. The topological polar surface area (TPSA) is 53.6 Å². The van der Waals surface area contributed by atoms with Crippen molar-refractivity contribution in [3.05, 3.63) is 57.4 Å². The Labute approximate surface area is 165 Å². The van der Waals surface area contributed by atoms with Crippen molar-refractivity contribution in [3.63, 3.8) is 0 Å². The van der Waals surface area contributed by atoms with E-state index in [9.17, 15) is 13.2 Å². The van der Waals surface area contributed by atoms with Gasteiger partial charge in [-0.2, -0.15) is 13.2 Å². The molecule has 2 aromatic carbocycles. The standard InChI is InChI=1S/C17H9Cl2F3N4S/c18-9-2-1-3-10(19)14(9)26-16-25-13(7-27-16)15-23-11-5-4-8(17(20,21)22)6-12(11)24-15/h1-7H,(H,23,24)(H,25,26). The van der Waals surface area contributed by atoms with E-state index in [4.69, 9.17) is 23.2 Å². The van der Waals surface area contributed by atoms with E-state index in [0.29, 0.717) is 37.9 Å². The third-order valence-electron chi connectivity index (χ3n) is 3.75. The molecule has 0 bridgehead atoms. The van der Waals surface area contributed by atoms with Crippen LogP contribution in [0.5, 0.6) is 0 Å².